The molecule has 6 nitrogen and oxygen atoms in total. The van der Waals surface area contributed by atoms with Gasteiger partial charge in [0.25, 0.3) is 0 Å². The predicted octanol–water partition coefficient (Wildman–Crippen LogP) is 0.270. The van der Waals surface area contributed by atoms with E-state index in [9.17, 15) is 14.4 Å². The van der Waals surface area contributed by atoms with Crippen LogP contribution in [0.1, 0.15) is 22.6 Å². The normalized spacial score (nSPS) is 19.3. The quantitative estimate of drug-likeness (QED) is 0.674. The molecular formula is C12H14N2O4S. The minimum atomic E-state index is -0.855. The van der Waals surface area contributed by atoms with E-state index in [0.717, 1.165) is 9.75 Å². The Labute approximate surface area is 113 Å². The molecule has 0 radical (unpaired) electrons. The maximum atomic E-state index is 11.5. The lowest BCUT2D eigenvalue weighted by Gasteiger charge is -2.21. The van der Waals surface area contributed by atoms with Gasteiger partial charge in [0.05, 0.1) is 12.5 Å². The molecule has 1 atom stereocenters. The molecule has 0 spiro atoms. The van der Waals surface area contributed by atoms with E-state index in [1.165, 1.54) is 11.3 Å². The molecule has 3 N–H and O–H groups in total. The van der Waals surface area contributed by atoms with Crippen molar-refractivity contribution in [1.82, 2.24) is 10.6 Å². The molecule has 0 aromatic carbocycles. The molecule has 1 saturated heterocycles. The average molecular weight is 282 g/mol. The third-order valence-electron chi connectivity index (χ3n) is 2.80. The van der Waals surface area contributed by atoms with Crippen LogP contribution in [-0.2, 0) is 27.3 Å². The molecule has 7 heteroatoms. The van der Waals surface area contributed by atoms with Crippen LogP contribution in [0.25, 0.3) is 0 Å². The Balaban J connectivity index is 1.85. The highest BCUT2D eigenvalue weighted by atomic mass is 32.1. The van der Waals surface area contributed by atoms with Gasteiger partial charge in [-0.15, -0.1) is 11.3 Å². The smallest absolute Gasteiger partial charge is 0.308 e. The molecule has 1 fully saturated rings. The maximum absolute atomic E-state index is 11.5. The number of amides is 2. The van der Waals surface area contributed by atoms with E-state index in [-0.39, 0.29) is 24.3 Å². The van der Waals surface area contributed by atoms with Crippen molar-refractivity contribution in [3.63, 3.8) is 0 Å². The fourth-order valence-electron chi connectivity index (χ4n) is 1.87. The van der Waals surface area contributed by atoms with Crippen LogP contribution in [0.4, 0.5) is 0 Å². The van der Waals surface area contributed by atoms with Crippen molar-refractivity contribution in [1.29, 1.82) is 0 Å². The summed E-state index contributed by atoms with van der Waals surface area (Å²) in [6.07, 6.45) is 0.860. The van der Waals surface area contributed by atoms with Gasteiger partial charge in [-0.1, -0.05) is 0 Å². The first-order chi connectivity index (χ1) is 9.04. The summed E-state index contributed by atoms with van der Waals surface area (Å²) in [4.78, 5) is 34.8. The monoisotopic (exact) mass is 282 g/mol. The van der Waals surface area contributed by atoms with Crippen LogP contribution in [0.5, 0.6) is 0 Å². The van der Waals surface area contributed by atoms with Gasteiger partial charge in [-0.05, 0) is 18.6 Å². The zero-order chi connectivity index (χ0) is 13.8. The van der Waals surface area contributed by atoms with E-state index in [1.54, 1.807) is 6.07 Å². The lowest BCUT2D eigenvalue weighted by molar-refractivity contribution is -0.136. The van der Waals surface area contributed by atoms with Crippen LogP contribution in [0.2, 0.25) is 0 Å². The van der Waals surface area contributed by atoms with Gasteiger partial charge in [0, 0.05) is 22.7 Å². The van der Waals surface area contributed by atoms with E-state index < -0.39 is 5.97 Å². The van der Waals surface area contributed by atoms with Crippen molar-refractivity contribution in [2.75, 3.05) is 0 Å². The van der Waals surface area contributed by atoms with Crippen molar-refractivity contribution < 1.29 is 19.5 Å². The number of hydrogen-bond donors (Lipinski definition) is 3. The van der Waals surface area contributed by atoms with Gasteiger partial charge < -0.3 is 10.4 Å². The Morgan fingerprint density at radius 3 is 2.84 bits per heavy atom. The third-order valence-corrected chi connectivity index (χ3v) is 3.89. The van der Waals surface area contributed by atoms with Crippen LogP contribution in [0.3, 0.4) is 0 Å². The maximum Gasteiger partial charge on any atom is 0.308 e. The van der Waals surface area contributed by atoms with Crippen LogP contribution in [0.15, 0.2) is 12.1 Å². The van der Waals surface area contributed by atoms with E-state index >= 15 is 0 Å². The van der Waals surface area contributed by atoms with Gasteiger partial charge in [-0.2, -0.15) is 0 Å². The Hall–Kier alpha value is -1.73. The minimum Gasteiger partial charge on any atom is -0.481 e. The predicted molar refractivity (Wildman–Crippen MR) is 68.7 cm³/mol. The molecule has 102 valence electrons. The molecule has 1 aromatic rings. The number of carbonyl (C=O) groups excluding carboxylic acids is 2. The molecule has 1 unspecified atom stereocenters. The second-order valence-corrected chi connectivity index (χ2v) is 5.58. The number of carbonyl (C=O) groups is 3. The number of hydrogen-bond acceptors (Lipinski definition) is 5. The highest BCUT2D eigenvalue weighted by Gasteiger charge is 2.25. The molecular weight excluding hydrogens is 268 g/mol. The van der Waals surface area contributed by atoms with Gasteiger partial charge in [-0.25, -0.2) is 0 Å². The highest BCUT2D eigenvalue weighted by molar-refractivity contribution is 7.12. The Morgan fingerprint density at radius 2 is 2.16 bits per heavy atom. The number of carboxylic acids is 1. The minimum absolute atomic E-state index is 0.0169. The van der Waals surface area contributed by atoms with E-state index in [4.69, 9.17) is 5.11 Å². The first kappa shape index (κ1) is 13.7. The Morgan fingerprint density at radius 1 is 1.42 bits per heavy atom. The van der Waals surface area contributed by atoms with Crippen LogP contribution in [0, 0.1) is 0 Å². The van der Waals surface area contributed by atoms with Crippen LogP contribution >= 0.6 is 11.3 Å². The molecule has 1 aromatic heterocycles. The van der Waals surface area contributed by atoms with Gasteiger partial charge in [-0.3, -0.25) is 19.7 Å². The van der Waals surface area contributed by atoms with E-state index in [0.29, 0.717) is 19.4 Å². The molecule has 1 aliphatic heterocycles. The number of carboxylic acid groups (broad SMARTS) is 1. The zero-order valence-corrected chi connectivity index (χ0v) is 11.0. The SMILES string of the molecule is O=C(O)Cc1ccc(CNC2CCC(=O)NC2=O)s1. The standard InChI is InChI=1S/C12H14N2O4S/c15-10-4-3-9(12(18)14-10)13-6-8-2-1-7(19-8)5-11(16)17/h1-2,9,13H,3-6H2,(H,16,17)(H,14,15,18). The van der Waals surface area contributed by atoms with Crippen molar-refractivity contribution in [2.45, 2.75) is 31.8 Å². The summed E-state index contributed by atoms with van der Waals surface area (Å²) in [7, 11) is 0. The van der Waals surface area contributed by atoms with Crippen molar-refractivity contribution in [3.8, 4) is 0 Å². The van der Waals surface area contributed by atoms with Gasteiger partial charge in [0.1, 0.15) is 0 Å². The summed E-state index contributed by atoms with van der Waals surface area (Å²) >= 11 is 1.41. The van der Waals surface area contributed by atoms with Crippen LogP contribution < -0.4 is 10.6 Å². The molecule has 2 amide bonds. The summed E-state index contributed by atoms with van der Waals surface area (Å²) in [6, 6.07) is 3.27. The van der Waals surface area contributed by atoms with Gasteiger partial charge >= 0.3 is 5.97 Å². The lowest BCUT2D eigenvalue weighted by atomic mass is 10.1. The fourth-order valence-corrected chi connectivity index (χ4v) is 2.83. The van der Waals surface area contributed by atoms with Gasteiger partial charge in [0.15, 0.2) is 0 Å². The summed E-state index contributed by atoms with van der Waals surface area (Å²) in [6.45, 7) is 0.497. The molecule has 1 aliphatic rings. The number of thiophene rings is 1. The molecule has 2 heterocycles. The first-order valence-electron chi connectivity index (χ1n) is 5.91. The van der Waals surface area contributed by atoms with E-state index in [1.807, 2.05) is 6.07 Å². The first-order valence-corrected chi connectivity index (χ1v) is 6.72. The average Bonchev–Trinajstić information content (AvgIpc) is 2.74. The fraction of sp³-hybridized carbons (Fsp3) is 0.417. The number of aliphatic carboxylic acids is 1. The van der Waals surface area contributed by atoms with E-state index in [2.05, 4.69) is 10.6 Å². The summed E-state index contributed by atoms with van der Waals surface area (Å²) in [5.74, 6) is -1.38. The molecule has 0 saturated carbocycles. The second-order valence-electron chi connectivity index (χ2n) is 4.32. The number of rotatable bonds is 5. The summed E-state index contributed by atoms with van der Waals surface area (Å²) in [5.41, 5.74) is 0. The van der Waals surface area contributed by atoms with Gasteiger partial charge in [0.2, 0.25) is 11.8 Å². The zero-order valence-electron chi connectivity index (χ0n) is 10.1. The molecule has 19 heavy (non-hydrogen) atoms. The number of nitrogens with one attached hydrogen (secondary N) is 2. The number of piperidine rings is 1. The molecule has 2 rings (SSSR count). The molecule has 0 bridgehead atoms. The second kappa shape index (κ2) is 5.94. The largest absolute Gasteiger partial charge is 0.481 e. The topological polar surface area (TPSA) is 95.5 Å². The third kappa shape index (κ3) is 3.87. The Bertz CT molecular complexity index is 512. The van der Waals surface area contributed by atoms with Crippen LogP contribution in [-0.4, -0.2) is 28.9 Å². The van der Waals surface area contributed by atoms with Crippen molar-refractivity contribution >= 4 is 29.1 Å². The lowest BCUT2D eigenvalue weighted by Crippen LogP contribution is -2.50. The van der Waals surface area contributed by atoms with Crippen molar-refractivity contribution in [3.05, 3.63) is 21.9 Å². The summed E-state index contributed by atoms with van der Waals surface area (Å²) in [5, 5.41) is 14.0. The highest BCUT2D eigenvalue weighted by Crippen LogP contribution is 2.17. The Kier molecular flexibility index (Phi) is 4.28. The molecule has 0 aliphatic carbocycles. The summed E-state index contributed by atoms with van der Waals surface area (Å²) < 4.78 is 0. The number of imide groups is 1. The van der Waals surface area contributed by atoms with Crippen molar-refractivity contribution in [2.24, 2.45) is 0 Å².